The first-order valence-electron chi connectivity index (χ1n) is 7.31. The Morgan fingerprint density at radius 2 is 1.95 bits per heavy atom. The van der Waals surface area contributed by atoms with E-state index in [-0.39, 0.29) is 0 Å². The molecule has 0 aliphatic carbocycles. The van der Waals surface area contributed by atoms with Crippen LogP contribution >= 0.6 is 11.3 Å². The highest BCUT2D eigenvalue weighted by atomic mass is 32.1. The predicted octanol–water partition coefficient (Wildman–Crippen LogP) is 5.03. The summed E-state index contributed by atoms with van der Waals surface area (Å²) in [6, 6.07) is 14.3. The first-order chi connectivity index (χ1) is 10.6. The lowest BCUT2D eigenvalue weighted by Gasteiger charge is -1.98. The van der Waals surface area contributed by atoms with Gasteiger partial charge < -0.3 is 10.7 Å². The van der Waals surface area contributed by atoms with Crippen LogP contribution in [0.4, 0.5) is 5.13 Å². The van der Waals surface area contributed by atoms with Crippen molar-refractivity contribution in [1.29, 1.82) is 5.41 Å². The molecule has 1 aromatic heterocycles. The van der Waals surface area contributed by atoms with Crippen molar-refractivity contribution in [1.82, 2.24) is 4.98 Å². The zero-order valence-electron chi connectivity index (χ0n) is 13.2. The van der Waals surface area contributed by atoms with Gasteiger partial charge in [-0.3, -0.25) is 0 Å². The highest BCUT2D eigenvalue weighted by Gasteiger charge is 1.99. The van der Waals surface area contributed by atoms with Crippen LogP contribution in [0.3, 0.4) is 0 Å². The van der Waals surface area contributed by atoms with Crippen molar-refractivity contribution in [3.8, 4) is 0 Å². The molecule has 0 unspecified atom stereocenters. The molecule has 0 amide bonds. The highest BCUT2D eigenvalue weighted by Crippen LogP contribution is 2.24. The minimum absolute atomic E-state index is 0.930. The molecular formula is C18H21N3S. The van der Waals surface area contributed by atoms with Crippen LogP contribution in [-0.2, 0) is 0 Å². The Hall–Kier alpha value is -2.20. The Labute approximate surface area is 135 Å². The Bertz CT molecular complexity index is 729. The molecule has 3 aromatic rings. The summed E-state index contributed by atoms with van der Waals surface area (Å²) in [6.45, 7) is 7.05. The van der Waals surface area contributed by atoms with Crippen molar-refractivity contribution in [2.24, 2.45) is 0 Å². The Balaban J connectivity index is 0.000000164. The van der Waals surface area contributed by atoms with E-state index in [0.29, 0.717) is 0 Å². The van der Waals surface area contributed by atoms with Gasteiger partial charge in [0.2, 0.25) is 0 Å². The summed E-state index contributed by atoms with van der Waals surface area (Å²) >= 11 is 1.70. The van der Waals surface area contributed by atoms with Gasteiger partial charge in [0.25, 0.3) is 0 Å². The van der Waals surface area contributed by atoms with Gasteiger partial charge >= 0.3 is 0 Å². The van der Waals surface area contributed by atoms with E-state index in [1.54, 1.807) is 11.3 Å². The van der Waals surface area contributed by atoms with E-state index >= 15 is 0 Å². The standard InChI is InChI=1S/C9H10N2S.C9H11N/c1-2-10-9-11-7-5-3-4-6-8(7)12-9;1-7-3-4-8(2)9(5-7)6-10/h3-6H,2H2,1H3,(H,10,11);3-6,10H,1-2H3. The number of para-hydroxylation sites is 1. The molecule has 0 saturated heterocycles. The third-order valence-electron chi connectivity index (χ3n) is 3.21. The molecule has 3 nitrogen and oxygen atoms in total. The van der Waals surface area contributed by atoms with Crippen molar-refractivity contribution in [3.05, 3.63) is 59.2 Å². The molecule has 4 heteroatoms. The van der Waals surface area contributed by atoms with E-state index in [2.05, 4.69) is 29.4 Å². The molecule has 0 radical (unpaired) electrons. The monoisotopic (exact) mass is 311 g/mol. The number of rotatable bonds is 3. The first-order valence-corrected chi connectivity index (χ1v) is 8.13. The van der Waals surface area contributed by atoms with Crippen LogP contribution in [-0.4, -0.2) is 17.7 Å². The van der Waals surface area contributed by atoms with E-state index in [0.717, 1.165) is 22.8 Å². The molecule has 1 heterocycles. The van der Waals surface area contributed by atoms with Gasteiger partial charge in [0.05, 0.1) is 10.2 Å². The summed E-state index contributed by atoms with van der Waals surface area (Å²) in [5, 5.41) is 11.3. The fourth-order valence-corrected chi connectivity index (χ4v) is 2.95. The van der Waals surface area contributed by atoms with Crippen molar-refractivity contribution < 1.29 is 0 Å². The molecule has 0 aliphatic rings. The van der Waals surface area contributed by atoms with Gasteiger partial charge in [-0.1, -0.05) is 47.2 Å². The third-order valence-corrected chi connectivity index (χ3v) is 4.21. The lowest BCUT2D eigenvalue weighted by atomic mass is 10.1. The number of aromatic nitrogens is 1. The SMILES string of the molecule is CCNc1nc2ccccc2s1.Cc1ccc(C)c(C=N)c1. The lowest BCUT2D eigenvalue weighted by Crippen LogP contribution is -1.94. The largest absolute Gasteiger partial charge is 0.362 e. The van der Waals surface area contributed by atoms with Gasteiger partial charge in [-0.2, -0.15) is 0 Å². The number of nitrogens with zero attached hydrogens (tertiary/aromatic N) is 1. The number of hydrogen-bond donors (Lipinski definition) is 2. The van der Waals surface area contributed by atoms with Crippen LogP contribution in [0.1, 0.15) is 23.6 Å². The summed E-state index contributed by atoms with van der Waals surface area (Å²) in [5.41, 5.74) is 4.48. The second-order valence-electron chi connectivity index (χ2n) is 5.02. The number of nitrogens with one attached hydrogen (secondary N) is 2. The first kappa shape index (κ1) is 16.2. The maximum Gasteiger partial charge on any atom is 0.183 e. The summed E-state index contributed by atoms with van der Waals surface area (Å²) < 4.78 is 1.24. The van der Waals surface area contributed by atoms with Crippen LogP contribution in [0, 0.1) is 19.3 Å². The second kappa shape index (κ2) is 7.71. The molecule has 2 aromatic carbocycles. The van der Waals surface area contributed by atoms with Crippen LogP contribution in [0.25, 0.3) is 10.2 Å². The average Bonchev–Trinajstić information content (AvgIpc) is 2.93. The molecule has 2 N–H and O–H groups in total. The minimum Gasteiger partial charge on any atom is -0.362 e. The quantitative estimate of drug-likeness (QED) is 0.666. The van der Waals surface area contributed by atoms with E-state index in [4.69, 9.17) is 5.41 Å². The number of aryl methyl sites for hydroxylation is 2. The van der Waals surface area contributed by atoms with E-state index in [1.165, 1.54) is 22.0 Å². The fourth-order valence-electron chi connectivity index (χ4n) is 2.01. The van der Waals surface area contributed by atoms with E-state index in [9.17, 15) is 0 Å². The molecule has 0 atom stereocenters. The molecule has 3 rings (SSSR count). The Morgan fingerprint density at radius 3 is 2.59 bits per heavy atom. The number of benzene rings is 2. The Morgan fingerprint density at radius 1 is 1.18 bits per heavy atom. The van der Waals surface area contributed by atoms with Gasteiger partial charge in [0.1, 0.15) is 0 Å². The van der Waals surface area contributed by atoms with Crippen LogP contribution in [0.15, 0.2) is 42.5 Å². The molecule has 0 spiro atoms. The van der Waals surface area contributed by atoms with Crippen LogP contribution < -0.4 is 5.32 Å². The zero-order valence-corrected chi connectivity index (χ0v) is 14.0. The smallest absolute Gasteiger partial charge is 0.183 e. The molecule has 0 bridgehead atoms. The highest BCUT2D eigenvalue weighted by molar-refractivity contribution is 7.22. The summed E-state index contributed by atoms with van der Waals surface area (Å²) in [7, 11) is 0. The topological polar surface area (TPSA) is 48.8 Å². The fraction of sp³-hybridized carbons (Fsp3) is 0.222. The van der Waals surface area contributed by atoms with E-state index in [1.807, 2.05) is 44.2 Å². The van der Waals surface area contributed by atoms with Crippen molar-refractivity contribution in [2.45, 2.75) is 20.8 Å². The molecule has 0 aliphatic heterocycles. The van der Waals surface area contributed by atoms with Crippen LogP contribution in [0.5, 0.6) is 0 Å². The van der Waals surface area contributed by atoms with Gasteiger partial charge in [-0.25, -0.2) is 4.98 Å². The summed E-state index contributed by atoms with van der Waals surface area (Å²) in [4.78, 5) is 4.41. The molecule has 0 fully saturated rings. The van der Waals surface area contributed by atoms with Crippen molar-refractivity contribution in [2.75, 3.05) is 11.9 Å². The minimum atomic E-state index is 0.930. The number of hydrogen-bond acceptors (Lipinski definition) is 4. The molecule has 0 saturated carbocycles. The lowest BCUT2D eigenvalue weighted by molar-refractivity contribution is 1.20. The van der Waals surface area contributed by atoms with Gasteiger partial charge in [-0.15, -0.1) is 0 Å². The van der Waals surface area contributed by atoms with E-state index < -0.39 is 0 Å². The van der Waals surface area contributed by atoms with Crippen molar-refractivity contribution >= 4 is 32.9 Å². The predicted molar refractivity (Wildman–Crippen MR) is 97.6 cm³/mol. The number of fused-ring (bicyclic) bond motifs is 1. The maximum atomic E-state index is 7.06. The van der Waals surface area contributed by atoms with Gasteiger partial charge in [0, 0.05) is 12.8 Å². The van der Waals surface area contributed by atoms with Gasteiger partial charge in [0.15, 0.2) is 5.13 Å². The number of thiazole rings is 1. The average molecular weight is 311 g/mol. The molecule has 22 heavy (non-hydrogen) atoms. The normalized spacial score (nSPS) is 9.95. The zero-order chi connectivity index (χ0) is 15.9. The van der Waals surface area contributed by atoms with Crippen LogP contribution in [0.2, 0.25) is 0 Å². The molecular weight excluding hydrogens is 290 g/mol. The summed E-state index contributed by atoms with van der Waals surface area (Å²) in [6.07, 6.45) is 1.39. The molecule has 114 valence electrons. The Kier molecular flexibility index (Phi) is 5.67. The second-order valence-corrected chi connectivity index (χ2v) is 6.05. The van der Waals surface area contributed by atoms with Gasteiger partial charge in [-0.05, 0) is 44.0 Å². The van der Waals surface area contributed by atoms with Crippen molar-refractivity contribution in [3.63, 3.8) is 0 Å². The third kappa shape index (κ3) is 4.15. The number of anilines is 1. The maximum absolute atomic E-state index is 7.06. The summed E-state index contributed by atoms with van der Waals surface area (Å²) in [5.74, 6) is 0.